The van der Waals surface area contributed by atoms with E-state index in [0.717, 1.165) is 11.3 Å². The molecule has 0 bridgehead atoms. The zero-order chi connectivity index (χ0) is 15.8. The Kier molecular flexibility index (Phi) is 9.05. The second kappa shape index (κ2) is 10.5. The summed E-state index contributed by atoms with van der Waals surface area (Å²) in [5.74, 6) is 1.53. The summed E-state index contributed by atoms with van der Waals surface area (Å²) in [6, 6.07) is 11.4. The molecule has 23 heavy (non-hydrogen) atoms. The van der Waals surface area contributed by atoms with Crippen molar-refractivity contribution >= 4 is 41.5 Å². The summed E-state index contributed by atoms with van der Waals surface area (Å²) >= 11 is 6.02. The van der Waals surface area contributed by atoms with Gasteiger partial charge in [0.1, 0.15) is 5.76 Å². The summed E-state index contributed by atoms with van der Waals surface area (Å²) in [5, 5.41) is 7.10. The van der Waals surface area contributed by atoms with Crippen molar-refractivity contribution in [3.63, 3.8) is 0 Å². The van der Waals surface area contributed by atoms with Gasteiger partial charge < -0.3 is 19.8 Å². The second-order valence-corrected chi connectivity index (χ2v) is 5.10. The smallest absolute Gasteiger partial charge is 0.191 e. The highest BCUT2D eigenvalue weighted by molar-refractivity contribution is 14.0. The maximum absolute atomic E-state index is 6.02. The Morgan fingerprint density at radius 2 is 2.13 bits per heavy atom. The quantitative estimate of drug-likeness (QED) is 0.402. The van der Waals surface area contributed by atoms with Crippen LogP contribution < -0.4 is 10.6 Å². The largest absolute Gasteiger partial charge is 0.467 e. The normalized spacial score (nSPS) is 12.4. The lowest BCUT2D eigenvalue weighted by Gasteiger charge is -2.18. The minimum absolute atomic E-state index is 0. The Balaban J connectivity index is 0.00000264. The minimum Gasteiger partial charge on any atom is -0.467 e. The molecule has 126 valence electrons. The van der Waals surface area contributed by atoms with Crippen molar-refractivity contribution in [2.75, 3.05) is 20.7 Å². The third-order valence-electron chi connectivity index (χ3n) is 3.19. The molecule has 2 N–H and O–H groups in total. The van der Waals surface area contributed by atoms with Crippen molar-refractivity contribution in [2.24, 2.45) is 4.99 Å². The first-order valence-electron chi connectivity index (χ1n) is 6.98. The minimum atomic E-state index is -0.110. The van der Waals surface area contributed by atoms with E-state index in [9.17, 15) is 0 Å². The number of aliphatic imine (C=N–C) groups is 1. The molecule has 2 rings (SSSR count). The molecule has 1 atom stereocenters. The van der Waals surface area contributed by atoms with Crippen LogP contribution in [0.3, 0.4) is 0 Å². The third kappa shape index (κ3) is 6.40. The van der Waals surface area contributed by atoms with Crippen LogP contribution >= 0.6 is 35.6 Å². The van der Waals surface area contributed by atoms with E-state index >= 15 is 0 Å². The van der Waals surface area contributed by atoms with Gasteiger partial charge in [-0.25, -0.2) is 0 Å². The van der Waals surface area contributed by atoms with Gasteiger partial charge >= 0.3 is 0 Å². The molecule has 0 spiro atoms. The van der Waals surface area contributed by atoms with Gasteiger partial charge in [0, 0.05) is 25.7 Å². The van der Waals surface area contributed by atoms with Crippen molar-refractivity contribution in [1.82, 2.24) is 10.6 Å². The zero-order valence-electron chi connectivity index (χ0n) is 13.1. The van der Waals surface area contributed by atoms with E-state index in [4.69, 9.17) is 20.8 Å². The standard InChI is InChI=1S/C16H20ClN3O2.HI/c1-18-16(19-10-14-7-4-8-22-14)20-11-15(21-2)12-5-3-6-13(17)9-12;/h3-9,15H,10-11H2,1-2H3,(H2,18,19,20);1H. The van der Waals surface area contributed by atoms with Crippen LogP contribution in [0, 0.1) is 0 Å². The summed E-state index contributed by atoms with van der Waals surface area (Å²) in [5.41, 5.74) is 1.02. The van der Waals surface area contributed by atoms with E-state index < -0.39 is 0 Å². The Morgan fingerprint density at radius 1 is 1.30 bits per heavy atom. The molecular weight excluding hydrogens is 429 g/mol. The molecular formula is C16H21ClIN3O2. The van der Waals surface area contributed by atoms with Gasteiger partial charge in [0.2, 0.25) is 0 Å². The predicted octanol–water partition coefficient (Wildman–Crippen LogP) is 3.60. The summed E-state index contributed by atoms with van der Waals surface area (Å²) in [7, 11) is 3.39. The molecule has 0 amide bonds. The van der Waals surface area contributed by atoms with Crippen LogP contribution in [-0.4, -0.2) is 26.7 Å². The lowest BCUT2D eigenvalue weighted by molar-refractivity contribution is 0.106. The first-order chi connectivity index (χ1) is 10.7. The fraction of sp³-hybridized carbons (Fsp3) is 0.312. The Bertz CT molecular complexity index is 605. The number of benzene rings is 1. The fourth-order valence-electron chi connectivity index (χ4n) is 2.04. The molecule has 0 aliphatic carbocycles. The summed E-state index contributed by atoms with van der Waals surface area (Å²) in [6.45, 7) is 1.15. The van der Waals surface area contributed by atoms with Gasteiger partial charge in [-0.2, -0.15) is 0 Å². The predicted molar refractivity (Wildman–Crippen MR) is 104 cm³/mol. The summed E-state index contributed by atoms with van der Waals surface area (Å²) < 4.78 is 10.8. The maximum atomic E-state index is 6.02. The van der Waals surface area contributed by atoms with Crippen LogP contribution in [0.25, 0.3) is 0 Å². The molecule has 1 unspecified atom stereocenters. The molecule has 0 aliphatic rings. The van der Waals surface area contributed by atoms with Gasteiger partial charge in [0.15, 0.2) is 5.96 Å². The first-order valence-corrected chi connectivity index (χ1v) is 7.36. The molecule has 0 radical (unpaired) electrons. The number of rotatable bonds is 6. The average Bonchev–Trinajstić information content (AvgIpc) is 3.04. The highest BCUT2D eigenvalue weighted by Crippen LogP contribution is 2.19. The summed E-state index contributed by atoms with van der Waals surface area (Å²) in [4.78, 5) is 4.18. The average molecular weight is 450 g/mol. The van der Waals surface area contributed by atoms with E-state index in [1.165, 1.54) is 0 Å². The zero-order valence-corrected chi connectivity index (χ0v) is 16.2. The molecule has 1 aromatic carbocycles. The molecule has 0 aliphatic heterocycles. The van der Waals surface area contributed by atoms with Crippen LogP contribution in [0.15, 0.2) is 52.1 Å². The molecule has 2 aromatic rings. The van der Waals surface area contributed by atoms with Gasteiger partial charge in [-0.1, -0.05) is 23.7 Å². The number of nitrogens with zero attached hydrogens (tertiary/aromatic N) is 1. The second-order valence-electron chi connectivity index (χ2n) is 4.67. The number of guanidine groups is 1. The van der Waals surface area contributed by atoms with E-state index in [-0.39, 0.29) is 30.1 Å². The number of furan rings is 1. The molecule has 0 saturated carbocycles. The molecule has 0 fully saturated rings. The lowest BCUT2D eigenvalue weighted by atomic mass is 10.1. The van der Waals surface area contributed by atoms with Gasteiger partial charge in [-0.3, -0.25) is 4.99 Å². The van der Waals surface area contributed by atoms with E-state index in [2.05, 4.69) is 15.6 Å². The number of halogens is 2. The van der Waals surface area contributed by atoms with Crippen molar-refractivity contribution in [2.45, 2.75) is 12.6 Å². The topological polar surface area (TPSA) is 58.8 Å². The molecule has 1 aromatic heterocycles. The maximum Gasteiger partial charge on any atom is 0.191 e. The van der Waals surface area contributed by atoms with E-state index in [0.29, 0.717) is 24.1 Å². The van der Waals surface area contributed by atoms with Gasteiger partial charge in [-0.05, 0) is 29.8 Å². The molecule has 7 heteroatoms. The van der Waals surface area contributed by atoms with Crippen molar-refractivity contribution < 1.29 is 9.15 Å². The van der Waals surface area contributed by atoms with Crippen LogP contribution in [0.5, 0.6) is 0 Å². The lowest BCUT2D eigenvalue weighted by Crippen LogP contribution is -2.39. The van der Waals surface area contributed by atoms with Crippen molar-refractivity contribution in [3.8, 4) is 0 Å². The van der Waals surface area contributed by atoms with Crippen molar-refractivity contribution in [3.05, 3.63) is 59.0 Å². The first kappa shape index (κ1) is 19.8. The molecule has 5 nitrogen and oxygen atoms in total. The number of nitrogens with one attached hydrogen (secondary N) is 2. The van der Waals surface area contributed by atoms with Gasteiger partial charge in [0.05, 0.1) is 18.9 Å². The van der Waals surface area contributed by atoms with Crippen LogP contribution in [0.4, 0.5) is 0 Å². The monoisotopic (exact) mass is 449 g/mol. The number of ether oxygens (including phenoxy) is 1. The van der Waals surface area contributed by atoms with Crippen LogP contribution in [0.2, 0.25) is 5.02 Å². The summed E-state index contributed by atoms with van der Waals surface area (Å²) in [6.07, 6.45) is 1.54. The van der Waals surface area contributed by atoms with E-state index in [1.807, 2.05) is 36.4 Å². The highest BCUT2D eigenvalue weighted by atomic mass is 127. The highest BCUT2D eigenvalue weighted by Gasteiger charge is 2.11. The Labute approximate surface area is 158 Å². The van der Waals surface area contributed by atoms with E-state index in [1.54, 1.807) is 20.4 Å². The molecule has 0 saturated heterocycles. The third-order valence-corrected chi connectivity index (χ3v) is 3.43. The number of hydrogen-bond donors (Lipinski definition) is 2. The van der Waals surface area contributed by atoms with Gasteiger partial charge in [0.25, 0.3) is 0 Å². The Morgan fingerprint density at radius 3 is 2.74 bits per heavy atom. The number of methoxy groups -OCH3 is 1. The van der Waals surface area contributed by atoms with Gasteiger partial charge in [-0.15, -0.1) is 24.0 Å². The molecule has 1 heterocycles. The van der Waals surface area contributed by atoms with Crippen LogP contribution in [0.1, 0.15) is 17.4 Å². The number of hydrogen-bond acceptors (Lipinski definition) is 3. The van der Waals surface area contributed by atoms with Crippen molar-refractivity contribution in [1.29, 1.82) is 0 Å². The fourth-order valence-corrected chi connectivity index (χ4v) is 2.24. The SMILES string of the molecule is CN=C(NCc1ccco1)NCC(OC)c1cccc(Cl)c1.I. The van der Waals surface area contributed by atoms with Crippen LogP contribution in [-0.2, 0) is 11.3 Å². The Hall–Kier alpha value is -1.25.